The highest BCUT2D eigenvalue weighted by molar-refractivity contribution is 5.93. The van der Waals surface area contributed by atoms with Gasteiger partial charge in [0, 0.05) is 24.3 Å². The maximum Gasteiger partial charge on any atom is 0.408 e. The van der Waals surface area contributed by atoms with Crippen LogP contribution in [0.5, 0.6) is 0 Å². The van der Waals surface area contributed by atoms with Gasteiger partial charge in [-0.3, -0.25) is 9.59 Å². The van der Waals surface area contributed by atoms with Crippen molar-refractivity contribution in [3.8, 4) is 0 Å². The van der Waals surface area contributed by atoms with E-state index in [4.69, 9.17) is 4.63 Å². The number of amides is 2. The molecule has 2 amide bonds. The van der Waals surface area contributed by atoms with Crippen LogP contribution in [0.4, 0.5) is 22.0 Å². The van der Waals surface area contributed by atoms with Gasteiger partial charge in [-0.25, -0.2) is 22.9 Å². The third-order valence-electron chi connectivity index (χ3n) is 8.15. The number of imidazole rings is 1. The summed E-state index contributed by atoms with van der Waals surface area (Å²) < 4.78 is 73.3. The van der Waals surface area contributed by atoms with Crippen LogP contribution in [0.25, 0.3) is 5.65 Å². The van der Waals surface area contributed by atoms with Gasteiger partial charge in [0.25, 0.3) is 5.91 Å². The van der Waals surface area contributed by atoms with Gasteiger partial charge in [-0.1, -0.05) is 5.16 Å². The largest absolute Gasteiger partial charge is 0.408 e. The van der Waals surface area contributed by atoms with E-state index in [-0.39, 0.29) is 54.4 Å². The van der Waals surface area contributed by atoms with Crippen LogP contribution < -0.4 is 10.6 Å². The molecule has 2 aliphatic carbocycles. The van der Waals surface area contributed by atoms with E-state index < -0.39 is 54.4 Å². The summed E-state index contributed by atoms with van der Waals surface area (Å²) >= 11 is 0. The lowest BCUT2D eigenvalue weighted by molar-refractivity contribution is -0.155. The third kappa shape index (κ3) is 5.48. The number of rotatable bonds is 7. The van der Waals surface area contributed by atoms with E-state index in [1.54, 1.807) is 0 Å². The van der Waals surface area contributed by atoms with E-state index in [1.807, 2.05) is 5.32 Å². The van der Waals surface area contributed by atoms with Gasteiger partial charge in [-0.15, -0.1) is 0 Å². The van der Waals surface area contributed by atoms with Gasteiger partial charge in [0.05, 0.1) is 36.2 Å². The Kier molecular flexibility index (Phi) is 6.70. The minimum Gasteiger partial charge on any atom is -0.388 e. The minimum atomic E-state index is -4.64. The molecule has 3 aromatic heterocycles. The van der Waals surface area contributed by atoms with Crippen LogP contribution in [0.1, 0.15) is 90.4 Å². The summed E-state index contributed by atoms with van der Waals surface area (Å²) in [4.78, 5) is 29.9. The number of fused-ring (bicyclic) bond motifs is 1. The molecule has 2 saturated carbocycles. The number of aliphatic hydroxyl groups is 1. The third-order valence-corrected chi connectivity index (χ3v) is 8.15. The number of hydrogen-bond acceptors (Lipinski definition) is 8. The van der Waals surface area contributed by atoms with E-state index in [9.17, 15) is 36.6 Å². The lowest BCUT2D eigenvalue weighted by Crippen LogP contribution is -2.38. The Balaban J connectivity index is 1.27. The maximum atomic E-state index is 13.9. The van der Waals surface area contributed by atoms with Crippen molar-refractivity contribution in [2.45, 2.75) is 81.2 Å². The fourth-order valence-electron chi connectivity index (χ4n) is 5.66. The quantitative estimate of drug-likeness (QED) is 0.359. The highest BCUT2D eigenvalue weighted by Gasteiger charge is 2.50. The van der Waals surface area contributed by atoms with E-state index in [0.29, 0.717) is 11.4 Å². The fourth-order valence-corrected chi connectivity index (χ4v) is 5.66. The number of nitrogens with zero attached hydrogens (tertiary/aromatic N) is 5. The lowest BCUT2D eigenvalue weighted by Gasteiger charge is -2.33. The predicted molar refractivity (Wildman–Crippen MR) is 127 cm³/mol. The Morgan fingerprint density at radius 3 is 2.59 bits per heavy atom. The van der Waals surface area contributed by atoms with Crippen molar-refractivity contribution in [3.05, 3.63) is 41.1 Å². The van der Waals surface area contributed by atoms with Crippen LogP contribution in [0.2, 0.25) is 0 Å². The van der Waals surface area contributed by atoms with E-state index in [0.717, 1.165) is 12.8 Å². The van der Waals surface area contributed by atoms with Crippen molar-refractivity contribution in [3.63, 3.8) is 0 Å². The first kappa shape index (κ1) is 27.5. The van der Waals surface area contributed by atoms with Crippen molar-refractivity contribution < 1.29 is 41.3 Å². The van der Waals surface area contributed by atoms with Gasteiger partial charge < -0.3 is 15.7 Å². The second-order valence-electron chi connectivity index (χ2n) is 11.1. The average molecular weight is 584 g/mol. The van der Waals surface area contributed by atoms with Gasteiger partial charge >= 0.3 is 6.18 Å². The molecule has 0 unspecified atom stereocenters. The van der Waals surface area contributed by atoms with E-state index in [1.165, 1.54) is 23.0 Å². The zero-order valence-electron chi connectivity index (χ0n) is 21.4. The summed E-state index contributed by atoms with van der Waals surface area (Å²) in [6, 6.07) is -1.47. The molecule has 0 aromatic carbocycles. The first-order chi connectivity index (χ1) is 19.4. The zero-order chi connectivity index (χ0) is 29.1. The molecule has 0 radical (unpaired) electrons. The number of halogens is 5. The molecule has 4 heterocycles. The standard InChI is InChI=1S/C25H26F5N7O4/c26-24(27)5-3-12(4-6-24)18(34-23(40)20-19(11-1-2-11)35-41-36-20)15-10-37-17(32-15)7-13(9-31-37)21(38)14-8-16(25(28,29)30)33-22(14)39/h7,9-12,14,16,18,21,38H,1-6,8H2,(H,33,39)(H,34,40)/t14-,16+,18-,21+/m0/s1. The SMILES string of the molecule is O=C(N[C@H](c1cn2ncc([C@@H](O)[C@@H]3C[C@H](C(F)(F)F)NC3=O)cc2n1)C1CCC(F)(F)CC1)c1nonc1C1CC1. The number of carbonyl (C=O) groups excluding carboxylic acids is 2. The molecule has 41 heavy (non-hydrogen) atoms. The summed E-state index contributed by atoms with van der Waals surface area (Å²) in [5, 5.41) is 27.2. The van der Waals surface area contributed by atoms with Gasteiger partial charge in [0.1, 0.15) is 11.7 Å². The smallest absolute Gasteiger partial charge is 0.388 e. The molecule has 220 valence electrons. The molecule has 1 saturated heterocycles. The van der Waals surface area contributed by atoms with Crippen molar-refractivity contribution in [2.75, 3.05) is 0 Å². The van der Waals surface area contributed by atoms with Crippen LogP contribution in [-0.2, 0) is 4.79 Å². The second-order valence-corrected chi connectivity index (χ2v) is 11.1. The molecular formula is C25H26F5N7O4. The first-order valence-electron chi connectivity index (χ1n) is 13.3. The fraction of sp³-hybridized carbons (Fsp3) is 0.600. The van der Waals surface area contributed by atoms with Gasteiger partial charge in [0.2, 0.25) is 11.8 Å². The highest BCUT2D eigenvalue weighted by atomic mass is 19.4. The number of aliphatic hydroxyl groups excluding tert-OH is 1. The summed E-state index contributed by atoms with van der Waals surface area (Å²) in [5.41, 5.74) is 1.05. The molecule has 16 heteroatoms. The normalized spacial score (nSPS) is 24.8. The Labute approximate surface area is 228 Å². The number of nitrogens with one attached hydrogen (secondary N) is 2. The maximum absolute atomic E-state index is 13.9. The number of alkyl halides is 5. The summed E-state index contributed by atoms with van der Waals surface area (Å²) in [6.45, 7) is 0. The molecule has 1 aliphatic heterocycles. The van der Waals surface area contributed by atoms with Crippen LogP contribution >= 0.6 is 0 Å². The van der Waals surface area contributed by atoms with E-state index >= 15 is 0 Å². The van der Waals surface area contributed by atoms with E-state index in [2.05, 4.69) is 25.7 Å². The Bertz CT molecular complexity index is 1460. The topological polar surface area (TPSA) is 148 Å². The van der Waals surface area contributed by atoms with Crippen molar-refractivity contribution in [2.24, 2.45) is 11.8 Å². The molecule has 3 aliphatic rings. The minimum absolute atomic E-state index is 0.0259. The van der Waals surface area contributed by atoms with Crippen LogP contribution in [0.3, 0.4) is 0 Å². The molecule has 6 rings (SSSR count). The van der Waals surface area contributed by atoms with Crippen LogP contribution in [-0.4, -0.2) is 60.0 Å². The molecule has 4 atom stereocenters. The van der Waals surface area contributed by atoms with Crippen molar-refractivity contribution in [1.29, 1.82) is 0 Å². The highest BCUT2D eigenvalue weighted by Crippen LogP contribution is 2.43. The first-order valence-corrected chi connectivity index (χ1v) is 13.3. The summed E-state index contributed by atoms with van der Waals surface area (Å²) in [7, 11) is 0. The number of carbonyl (C=O) groups is 2. The zero-order valence-corrected chi connectivity index (χ0v) is 21.4. The molecule has 0 spiro atoms. The van der Waals surface area contributed by atoms with Gasteiger partial charge in [0.15, 0.2) is 11.3 Å². The molecule has 3 N–H and O–H groups in total. The van der Waals surface area contributed by atoms with Gasteiger partial charge in [-0.2, -0.15) is 18.3 Å². The molecule has 3 fully saturated rings. The van der Waals surface area contributed by atoms with Gasteiger partial charge in [-0.05, 0) is 49.2 Å². The lowest BCUT2D eigenvalue weighted by atomic mass is 9.81. The second kappa shape index (κ2) is 9.99. The van der Waals surface area contributed by atoms with Crippen LogP contribution in [0, 0.1) is 11.8 Å². The van der Waals surface area contributed by atoms with Crippen LogP contribution in [0.15, 0.2) is 23.1 Å². The Morgan fingerprint density at radius 2 is 1.93 bits per heavy atom. The molecular weight excluding hydrogens is 557 g/mol. The van der Waals surface area contributed by atoms with Crippen molar-refractivity contribution in [1.82, 2.24) is 35.5 Å². The molecule has 11 nitrogen and oxygen atoms in total. The molecule has 3 aromatic rings. The Hall–Kier alpha value is -3.69. The average Bonchev–Trinajstić information content (AvgIpc) is 3.31. The monoisotopic (exact) mass is 583 g/mol. The molecule has 0 bridgehead atoms. The number of hydrogen-bond donors (Lipinski definition) is 3. The predicted octanol–water partition coefficient (Wildman–Crippen LogP) is 3.39. The number of aromatic nitrogens is 5. The summed E-state index contributed by atoms with van der Waals surface area (Å²) in [6.07, 6.45) is -2.90. The Morgan fingerprint density at radius 1 is 1.20 bits per heavy atom. The summed E-state index contributed by atoms with van der Waals surface area (Å²) in [5.74, 6) is -5.96. The van der Waals surface area contributed by atoms with Crippen molar-refractivity contribution >= 4 is 17.5 Å².